The average molecular weight is 289 g/mol. The maximum absolute atomic E-state index is 11.6. The number of rotatable bonds is 7. The lowest BCUT2D eigenvalue weighted by molar-refractivity contribution is -0.758. The molecular weight excluding hydrogens is 266 g/mol. The summed E-state index contributed by atoms with van der Waals surface area (Å²) in [5.74, 6) is 0.0449. The Hall–Kier alpha value is -1.41. The molecule has 1 rings (SSSR count). The molecule has 1 heterocycles. The summed E-state index contributed by atoms with van der Waals surface area (Å²) in [4.78, 5) is 31.2. The number of nitrogens with two attached hydrogens (primary N) is 1. The summed E-state index contributed by atoms with van der Waals surface area (Å²) in [6.45, 7) is 4.95. The van der Waals surface area contributed by atoms with E-state index >= 15 is 0 Å². The van der Waals surface area contributed by atoms with Gasteiger partial charge in [-0.05, 0) is 39.0 Å². The van der Waals surface area contributed by atoms with Gasteiger partial charge < -0.3 is 15.4 Å². The summed E-state index contributed by atoms with van der Waals surface area (Å²) in [5.41, 5.74) is 5.18. The molecule has 2 N–H and O–H groups in total. The summed E-state index contributed by atoms with van der Waals surface area (Å²) in [5, 5.41) is 10.9. The monoisotopic (exact) mass is 289 g/mol. The number of carbonyl (C=O) groups is 1. The topological polar surface area (TPSA) is 108 Å². The molecule has 1 fully saturated rings. The Kier molecular flexibility index (Phi) is 6.15. The Labute approximate surface area is 118 Å². The minimum absolute atomic E-state index is 0.124. The van der Waals surface area contributed by atoms with Crippen molar-refractivity contribution in [1.82, 2.24) is 5.06 Å². The van der Waals surface area contributed by atoms with Gasteiger partial charge in [-0.2, -0.15) is 0 Å². The molecule has 1 aliphatic rings. The highest BCUT2D eigenvalue weighted by atomic mass is 16.9. The fourth-order valence-electron chi connectivity index (χ4n) is 2.13. The van der Waals surface area contributed by atoms with Crippen molar-refractivity contribution in [2.24, 2.45) is 11.7 Å². The summed E-state index contributed by atoms with van der Waals surface area (Å²) < 4.78 is 0. The lowest BCUT2D eigenvalue weighted by Crippen LogP contribution is -2.40. The molecule has 116 valence electrons. The van der Waals surface area contributed by atoms with Gasteiger partial charge in [0, 0.05) is 18.6 Å². The highest BCUT2D eigenvalue weighted by Crippen LogP contribution is 2.21. The zero-order chi connectivity index (χ0) is 15.2. The Bertz CT molecular complexity index is 334. The van der Waals surface area contributed by atoms with Crippen molar-refractivity contribution in [1.29, 1.82) is 0 Å². The van der Waals surface area contributed by atoms with E-state index in [2.05, 4.69) is 4.84 Å². The Morgan fingerprint density at radius 1 is 1.45 bits per heavy atom. The van der Waals surface area contributed by atoms with Gasteiger partial charge in [0.1, 0.15) is 0 Å². The molecule has 0 bridgehead atoms. The molecule has 0 atom stereocenters. The van der Waals surface area contributed by atoms with Gasteiger partial charge in [0.25, 0.3) is 5.09 Å². The van der Waals surface area contributed by atoms with Crippen LogP contribution in [0.25, 0.3) is 0 Å². The van der Waals surface area contributed by atoms with Crippen LogP contribution in [-0.4, -0.2) is 41.4 Å². The van der Waals surface area contributed by atoms with Crippen molar-refractivity contribution in [3.05, 3.63) is 10.1 Å². The minimum atomic E-state index is -0.772. The van der Waals surface area contributed by atoms with Crippen LogP contribution in [0, 0.1) is 16.0 Å². The van der Waals surface area contributed by atoms with Crippen LogP contribution >= 0.6 is 0 Å². The van der Waals surface area contributed by atoms with Gasteiger partial charge in [0.2, 0.25) is 0 Å². The third-order valence-corrected chi connectivity index (χ3v) is 3.13. The SMILES string of the molecule is CC(C)(N)CC(=O)ON1CCC(CCO[N+](=O)[O-])CC1. The Morgan fingerprint density at radius 2 is 2.05 bits per heavy atom. The zero-order valence-corrected chi connectivity index (χ0v) is 12.0. The van der Waals surface area contributed by atoms with E-state index < -0.39 is 10.6 Å². The molecular formula is C12H23N3O5. The van der Waals surface area contributed by atoms with E-state index in [0.717, 1.165) is 12.8 Å². The summed E-state index contributed by atoms with van der Waals surface area (Å²) in [7, 11) is 0. The maximum atomic E-state index is 11.6. The largest absolute Gasteiger partial charge is 0.368 e. The molecule has 0 radical (unpaired) electrons. The zero-order valence-electron chi connectivity index (χ0n) is 12.0. The van der Waals surface area contributed by atoms with E-state index in [1.807, 2.05) is 0 Å². The molecule has 0 aromatic rings. The van der Waals surface area contributed by atoms with Crippen molar-refractivity contribution in [2.75, 3.05) is 19.7 Å². The fourth-order valence-corrected chi connectivity index (χ4v) is 2.13. The molecule has 8 nitrogen and oxygen atoms in total. The van der Waals surface area contributed by atoms with Gasteiger partial charge in [-0.1, -0.05) is 0 Å². The number of hydroxylamine groups is 2. The molecule has 8 heteroatoms. The standard InChI is InChI=1S/C12H23N3O5/c1-12(2,13)9-11(16)20-14-6-3-10(4-7-14)5-8-19-15(17)18/h10H,3-9,13H2,1-2H3. The van der Waals surface area contributed by atoms with Crippen LogP contribution in [0.1, 0.15) is 39.5 Å². The minimum Gasteiger partial charge on any atom is -0.368 e. The van der Waals surface area contributed by atoms with E-state index in [9.17, 15) is 14.9 Å². The number of piperidine rings is 1. The van der Waals surface area contributed by atoms with Gasteiger partial charge in [-0.3, -0.25) is 4.79 Å². The summed E-state index contributed by atoms with van der Waals surface area (Å²) >= 11 is 0. The lowest BCUT2D eigenvalue weighted by Gasteiger charge is -2.31. The van der Waals surface area contributed by atoms with Crippen LogP contribution in [0.2, 0.25) is 0 Å². The van der Waals surface area contributed by atoms with Crippen LogP contribution in [0.4, 0.5) is 0 Å². The molecule has 0 saturated carbocycles. The second-order valence-electron chi connectivity index (χ2n) is 5.85. The van der Waals surface area contributed by atoms with E-state index in [1.165, 1.54) is 0 Å². The highest BCUT2D eigenvalue weighted by molar-refractivity contribution is 5.70. The molecule has 0 amide bonds. The number of hydrogen-bond acceptors (Lipinski definition) is 7. The Balaban J connectivity index is 2.18. The van der Waals surface area contributed by atoms with Crippen molar-refractivity contribution in [3.63, 3.8) is 0 Å². The van der Waals surface area contributed by atoms with Crippen LogP contribution in [0.3, 0.4) is 0 Å². The van der Waals surface area contributed by atoms with Gasteiger partial charge in [0.05, 0.1) is 13.0 Å². The van der Waals surface area contributed by atoms with Crippen LogP contribution in [-0.2, 0) is 14.5 Å². The molecule has 1 saturated heterocycles. The average Bonchev–Trinajstić information content (AvgIpc) is 2.28. The van der Waals surface area contributed by atoms with Gasteiger partial charge >= 0.3 is 5.97 Å². The molecule has 1 aliphatic heterocycles. The third-order valence-electron chi connectivity index (χ3n) is 3.13. The van der Waals surface area contributed by atoms with Crippen LogP contribution in [0.5, 0.6) is 0 Å². The number of carbonyl (C=O) groups excluding carboxylic acids is 1. The highest BCUT2D eigenvalue weighted by Gasteiger charge is 2.24. The predicted octanol–water partition coefficient (Wildman–Crippen LogP) is 0.882. The van der Waals surface area contributed by atoms with Crippen molar-refractivity contribution in [3.8, 4) is 0 Å². The smallest absolute Gasteiger partial charge is 0.326 e. The molecule has 0 aliphatic carbocycles. The first-order valence-electron chi connectivity index (χ1n) is 6.78. The maximum Gasteiger partial charge on any atom is 0.326 e. The normalized spacial score (nSPS) is 17.8. The first-order chi connectivity index (χ1) is 9.26. The molecule has 20 heavy (non-hydrogen) atoms. The summed E-state index contributed by atoms with van der Waals surface area (Å²) in [6.07, 6.45) is 2.49. The van der Waals surface area contributed by atoms with E-state index in [1.54, 1.807) is 18.9 Å². The quantitative estimate of drug-likeness (QED) is 0.547. The van der Waals surface area contributed by atoms with E-state index in [0.29, 0.717) is 25.4 Å². The molecule has 0 spiro atoms. The van der Waals surface area contributed by atoms with Gasteiger partial charge in [-0.25, -0.2) is 0 Å². The van der Waals surface area contributed by atoms with Crippen LogP contribution in [0.15, 0.2) is 0 Å². The molecule has 0 unspecified atom stereocenters. The third kappa shape index (κ3) is 7.25. The first kappa shape index (κ1) is 16.6. The van der Waals surface area contributed by atoms with E-state index in [-0.39, 0.29) is 19.0 Å². The Morgan fingerprint density at radius 3 is 2.55 bits per heavy atom. The van der Waals surface area contributed by atoms with E-state index in [4.69, 9.17) is 10.6 Å². The number of hydrogen-bond donors (Lipinski definition) is 1. The second-order valence-corrected chi connectivity index (χ2v) is 5.85. The predicted molar refractivity (Wildman–Crippen MR) is 70.8 cm³/mol. The van der Waals surface area contributed by atoms with Crippen molar-refractivity contribution >= 4 is 5.97 Å². The van der Waals surface area contributed by atoms with Crippen LogP contribution < -0.4 is 5.73 Å². The van der Waals surface area contributed by atoms with Crippen molar-refractivity contribution in [2.45, 2.75) is 45.1 Å². The molecule has 0 aromatic carbocycles. The van der Waals surface area contributed by atoms with Gasteiger partial charge in [-0.15, -0.1) is 15.2 Å². The van der Waals surface area contributed by atoms with Crippen molar-refractivity contribution < 1.29 is 19.6 Å². The first-order valence-corrected chi connectivity index (χ1v) is 6.78. The number of nitrogens with zero attached hydrogens (tertiary/aromatic N) is 2. The fraction of sp³-hybridized carbons (Fsp3) is 0.917. The van der Waals surface area contributed by atoms with Gasteiger partial charge in [0.15, 0.2) is 0 Å². The molecule has 0 aromatic heterocycles. The summed E-state index contributed by atoms with van der Waals surface area (Å²) in [6, 6.07) is 0. The second kappa shape index (κ2) is 7.39. The lowest BCUT2D eigenvalue weighted by atomic mass is 9.95.